The molecule has 0 aliphatic rings. The number of nitrogens with zero attached hydrogens (tertiary/aromatic N) is 1. The van der Waals surface area contributed by atoms with Gasteiger partial charge in [0, 0.05) is 10.9 Å². The van der Waals surface area contributed by atoms with Crippen molar-refractivity contribution in [3.63, 3.8) is 0 Å². The van der Waals surface area contributed by atoms with Crippen molar-refractivity contribution in [3.05, 3.63) is 35.1 Å². The van der Waals surface area contributed by atoms with Gasteiger partial charge in [-0.2, -0.15) is 5.26 Å². The molecule has 0 fully saturated rings. The quantitative estimate of drug-likeness (QED) is 0.785. The summed E-state index contributed by atoms with van der Waals surface area (Å²) in [6, 6.07) is 6.01. The molecule has 0 saturated heterocycles. The summed E-state index contributed by atoms with van der Waals surface area (Å²) < 4.78 is 10.8. The van der Waals surface area contributed by atoms with Gasteiger partial charge in [-0.1, -0.05) is 13.8 Å². The first-order chi connectivity index (χ1) is 12.6. The summed E-state index contributed by atoms with van der Waals surface area (Å²) in [6.45, 7) is 10.8. The van der Waals surface area contributed by atoms with E-state index in [0.717, 1.165) is 22.1 Å². The van der Waals surface area contributed by atoms with E-state index >= 15 is 0 Å². The Labute approximate surface area is 159 Å². The van der Waals surface area contributed by atoms with Crippen molar-refractivity contribution in [2.45, 2.75) is 59.6 Å². The van der Waals surface area contributed by atoms with E-state index in [4.69, 9.17) is 9.15 Å². The van der Waals surface area contributed by atoms with Crippen molar-refractivity contribution >= 4 is 22.8 Å². The lowest BCUT2D eigenvalue weighted by atomic mass is 9.90. The molecule has 2 atom stereocenters. The molecular formula is C21H26N2O4. The standard InChI is InChI=1S/C21H26N2O4/c1-12(2)21(6,11-22)23-20(25)15(5)27-19(24)9-16-10-26-18-8-14(4)13(3)7-17(16)18/h7-8,10,12,15H,9H2,1-6H3,(H,23,25)/t15-,21+/m1/s1. The maximum absolute atomic E-state index is 12.3. The molecule has 0 aliphatic carbocycles. The molecule has 0 unspecified atom stereocenters. The summed E-state index contributed by atoms with van der Waals surface area (Å²) in [5, 5.41) is 12.8. The molecule has 0 bridgehead atoms. The molecule has 0 spiro atoms. The summed E-state index contributed by atoms with van der Waals surface area (Å²) in [4.78, 5) is 24.6. The lowest BCUT2D eigenvalue weighted by Gasteiger charge is -2.28. The first-order valence-electron chi connectivity index (χ1n) is 8.97. The zero-order valence-corrected chi connectivity index (χ0v) is 16.7. The molecule has 1 N–H and O–H groups in total. The topological polar surface area (TPSA) is 92.3 Å². The SMILES string of the molecule is Cc1cc2occ(CC(=O)O[C@H](C)C(=O)N[C@@](C)(C#N)C(C)C)c2cc1C. The van der Waals surface area contributed by atoms with Crippen molar-refractivity contribution in [1.29, 1.82) is 5.26 Å². The van der Waals surface area contributed by atoms with Crippen LogP contribution in [0.5, 0.6) is 0 Å². The Hall–Kier alpha value is -2.81. The number of aryl methyl sites for hydroxylation is 2. The zero-order chi connectivity index (χ0) is 20.4. The highest BCUT2D eigenvalue weighted by Crippen LogP contribution is 2.25. The molecule has 6 nitrogen and oxygen atoms in total. The van der Waals surface area contributed by atoms with E-state index in [-0.39, 0.29) is 12.3 Å². The third kappa shape index (κ3) is 4.48. The molecule has 0 saturated carbocycles. The van der Waals surface area contributed by atoms with E-state index in [1.807, 2.05) is 39.8 Å². The van der Waals surface area contributed by atoms with Gasteiger partial charge in [0.1, 0.15) is 11.1 Å². The van der Waals surface area contributed by atoms with Crippen LogP contribution >= 0.6 is 0 Å². The Bertz CT molecular complexity index is 907. The highest BCUT2D eigenvalue weighted by atomic mass is 16.5. The molecule has 144 valence electrons. The molecule has 0 radical (unpaired) electrons. The minimum absolute atomic E-state index is 0.00677. The van der Waals surface area contributed by atoms with Crippen LogP contribution in [0, 0.1) is 31.1 Å². The summed E-state index contributed by atoms with van der Waals surface area (Å²) in [6.07, 6.45) is 0.555. The number of benzene rings is 1. The number of hydrogen-bond acceptors (Lipinski definition) is 5. The van der Waals surface area contributed by atoms with Crippen molar-refractivity contribution in [2.75, 3.05) is 0 Å². The second kappa shape index (κ2) is 7.83. The molecule has 1 amide bonds. The molecule has 1 heterocycles. The number of rotatable bonds is 6. The van der Waals surface area contributed by atoms with Crippen LogP contribution in [0.1, 0.15) is 44.4 Å². The van der Waals surface area contributed by atoms with Gasteiger partial charge in [-0.3, -0.25) is 9.59 Å². The van der Waals surface area contributed by atoms with Crippen LogP contribution in [-0.2, 0) is 20.7 Å². The van der Waals surface area contributed by atoms with Crippen LogP contribution in [0.4, 0.5) is 0 Å². The fraction of sp³-hybridized carbons (Fsp3) is 0.476. The second-order valence-electron chi connectivity index (χ2n) is 7.46. The fourth-order valence-electron chi connectivity index (χ4n) is 2.58. The Kier molecular flexibility index (Phi) is 5.94. The lowest BCUT2D eigenvalue weighted by Crippen LogP contribution is -2.52. The first kappa shape index (κ1) is 20.5. The number of furan rings is 1. The number of fused-ring (bicyclic) bond motifs is 1. The van der Waals surface area contributed by atoms with Gasteiger partial charge in [-0.05, 0) is 56.9 Å². The van der Waals surface area contributed by atoms with Crippen LogP contribution in [-0.4, -0.2) is 23.5 Å². The molecule has 0 aliphatic heterocycles. The predicted octanol–water partition coefficient (Wildman–Crippen LogP) is 3.58. The summed E-state index contributed by atoms with van der Waals surface area (Å²) in [5.74, 6) is -1.11. The monoisotopic (exact) mass is 370 g/mol. The maximum Gasteiger partial charge on any atom is 0.311 e. The van der Waals surface area contributed by atoms with Gasteiger partial charge in [0.2, 0.25) is 0 Å². The van der Waals surface area contributed by atoms with Gasteiger partial charge in [-0.15, -0.1) is 0 Å². The Morgan fingerprint density at radius 1 is 1.26 bits per heavy atom. The molecule has 27 heavy (non-hydrogen) atoms. The number of nitriles is 1. The number of amides is 1. The maximum atomic E-state index is 12.3. The average molecular weight is 370 g/mol. The first-order valence-corrected chi connectivity index (χ1v) is 8.97. The summed E-state index contributed by atoms with van der Waals surface area (Å²) in [7, 11) is 0. The predicted molar refractivity (Wildman–Crippen MR) is 102 cm³/mol. The average Bonchev–Trinajstić information content (AvgIpc) is 2.96. The van der Waals surface area contributed by atoms with Crippen LogP contribution in [0.3, 0.4) is 0 Å². The van der Waals surface area contributed by atoms with E-state index < -0.39 is 23.5 Å². The van der Waals surface area contributed by atoms with E-state index in [9.17, 15) is 14.9 Å². The minimum Gasteiger partial charge on any atom is -0.464 e. The third-order valence-electron chi connectivity index (χ3n) is 5.05. The fourth-order valence-corrected chi connectivity index (χ4v) is 2.58. The Morgan fingerprint density at radius 2 is 1.89 bits per heavy atom. The van der Waals surface area contributed by atoms with Crippen molar-refractivity contribution in [3.8, 4) is 6.07 Å². The van der Waals surface area contributed by atoms with Gasteiger partial charge < -0.3 is 14.5 Å². The van der Waals surface area contributed by atoms with Gasteiger partial charge in [0.05, 0.1) is 18.8 Å². The van der Waals surface area contributed by atoms with Crippen LogP contribution < -0.4 is 5.32 Å². The van der Waals surface area contributed by atoms with Crippen molar-refractivity contribution < 1.29 is 18.7 Å². The number of ether oxygens (including phenoxy) is 1. The molecular weight excluding hydrogens is 344 g/mol. The summed E-state index contributed by atoms with van der Waals surface area (Å²) >= 11 is 0. The number of esters is 1. The van der Waals surface area contributed by atoms with Crippen LogP contribution in [0.25, 0.3) is 11.0 Å². The van der Waals surface area contributed by atoms with Crippen molar-refractivity contribution in [1.82, 2.24) is 5.32 Å². The second-order valence-corrected chi connectivity index (χ2v) is 7.46. The minimum atomic E-state index is -1.02. The smallest absolute Gasteiger partial charge is 0.311 e. The highest BCUT2D eigenvalue weighted by Gasteiger charge is 2.32. The van der Waals surface area contributed by atoms with E-state index in [1.165, 1.54) is 6.92 Å². The largest absolute Gasteiger partial charge is 0.464 e. The van der Waals surface area contributed by atoms with Crippen LogP contribution in [0.2, 0.25) is 0 Å². The number of carbonyl (C=O) groups is 2. The van der Waals surface area contributed by atoms with Gasteiger partial charge >= 0.3 is 5.97 Å². The molecule has 6 heteroatoms. The summed E-state index contributed by atoms with van der Waals surface area (Å²) in [5.41, 5.74) is 2.63. The van der Waals surface area contributed by atoms with E-state index in [2.05, 4.69) is 11.4 Å². The molecule has 2 rings (SSSR count). The normalized spacial score (nSPS) is 14.4. The van der Waals surface area contributed by atoms with E-state index in [1.54, 1.807) is 13.2 Å². The van der Waals surface area contributed by atoms with Gasteiger partial charge in [-0.25, -0.2) is 0 Å². The number of hydrogen-bond donors (Lipinski definition) is 1. The highest BCUT2D eigenvalue weighted by molar-refractivity contribution is 5.88. The van der Waals surface area contributed by atoms with Crippen LogP contribution in [0.15, 0.2) is 22.8 Å². The van der Waals surface area contributed by atoms with E-state index in [0.29, 0.717) is 5.58 Å². The molecule has 2 aromatic rings. The molecule has 1 aromatic heterocycles. The van der Waals surface area contributed by atoms with Gasteiger partial charge in [0.25, 0.3) is 5.91 Å². The zero-order valence-electron chi connectivity index (χ0n) is 16.7. The lowest BCUT2D eigenvalue weighted by molar-refractivity contribution is -0.154. The third-order valence-corrected chi connectivity index (χ3v) is 5.05. The molecule has 1 aromatic carbocycles. The Balaban J connectivity index is 2.04. The van der Waals surface area contributed by atoms with Gasteiger partial charge in [0.15, 0.2) is 6.10 Å². The Morgan fingerprint density at radius 3 is 2.48 bits per heavy atom. The number of carbonyl (C=O) groups excluding carboxylic acids is 2. The van der Waals surface area contributed by atoms with Crippen molar-refractivity contribution in [2.24, 2.45) is 5.92 Å². The number of nitrogens with one attached hydrogen (secondary N) is 1.